The summed E-state index contributed by atoms with van der Waals surface area (Å²) in [5.41, 5.74) is 1.34. The molecule has 1 heterocycles. The molecule has 98 valence electrons. The minimum Gasteiger partial charge on any atom is -0.325 e. The van der Waals surface area contributed by atoms with Crippen LogP contribution in [0.2, 0.25) is 0 Å². The average molecular weight is 270 g/mol. The molecular formula is C11H14N2O4S. The van der Waals surface area contributed by atoms with Crippen molar-refractivity contribution in [3.8, 4) is 0 Å². The Kier molecular flexibility index (Phi) is 3.14. The van der Waals surface area contributed by atoms with E-state index in [1.165, 1.54) is 26.3 Å². The number of hydrogen-bond acceptors (Lipinski definition) is 4. The smallest absolute Gasteiger partial charge is 0.264 e. The van der Waals surface area contributed by atoms with Gasteiger partial charge in [-0.1, -0.05) is 4.47 Å². The Bertz CT molecular complexity index is 597. The lowest BCUT2D eigenvalue weighted by Crippen LogP contribution is -2.25. The highest BCUT2D eigenvalue weighted by molar-refractivity contribution is 7.89. The molecule has 1 aromatic carbocycles. The average Bonchev–Trinajstić information content (AvgIpc) is 2.63. The van der Waals surface area contributed by atoms with Gasteiger partial charge < -0.3 is 5.32 Å². The van der Waals surface area contributed by atoms with Gasteiger partial charge in [0.1, 0.15) is 0 Å². The van der Waals surface area contributed by atoms with E-state index in [2.05, 4.69) is 5.32 Å². The van der Waals surface area contributed by atoms with Gasteiger partial charge in [0, 0.05) is 12.7 Å². The number of hydroxylamine groups is 1. The van der Waals surface area contributed by atoms with Gasteiger partial charge in [-0.3, -0.25) is 9.63 Å². The van der Waals surface area contributed by atoms with Crippen LogP contribution < -0.4 is 5.32 Å². The minimum atomic E-state index is -3.68. The third-order valence-electron chi connectivity index (χ3n) is 3.03. The van der Waals surface area contributed by atoms with Crippen molar-refractivity contribution in [3.05, 3.63) is 23.8 Å². The second-order valence-corrected chi connectivity index (χ2v) is 5.99. The van der Waals surface area contributed by atoms with Crippen molar-refractivity contribution in [2.45, 2.75) is 17.7 Å². The van der Waals surface area contributed by atoms with E-state index in [-0.39, 0.29) is 16.7 Å². The van der Waals surface area contributed by atoms with Crippen LogP contribution >= 0.6 is 0 Å². The Morgan fingerprint density at radius 1 is 1.39 bits per heavy atom. The summed E-state index contributed by atoms with van der Waals surface area (Å²) in [6.07, 6.45) is 0. The van der Waals surface area contributed by atoms with Crippen LogP contribution in [0.15, 0.2) is 23.1 Å². The van der Waals surface area contributed by atoms with E-state index in [4.69, 9.17) is 4.84 Å². The first-order valence-corrected chi connectivity index (χ1v) is 6.79. The van der Waals surface area contributed by atoms with Gasteiger partial charge >= 0.3 is 0 Å². The van der Waals surface area contributed by atoms with Gasteiger partial charge in [-0.2, -0.15) is 0 Å². The molecule has 0 aromatic heterocycles. The Balaban J connectivity index is 2.49. The summed E-state index contributed by atoms with van der Waals surface area (Å²) in [4.78, 5) is 16.3. The number of benzene rings is 1. The standard InChI is InChI=1S/C11H14N2O4S/c1-7-9-6-8(18(15,16)13(2)17-3)4-5-10(9)12-11(7)14/h4-7H,1-3H3,(H,12,14). The summed E-state index contributed by atoms with van der Waals surface area (Å²) in [5, 5.41) is 2.69. The highest BCUT2D eigenvalue weighted by Gasteiger charge is 2.29. The van der Waals surface area contributed by atoms with Crippen LogP contribution in [0.1, 0.15) is 18.4 Å². The quantitative estimate of drug-likeness (QED) is 0.829. The third kappa shape index (κ3) is 1.90. The SMILES string of the molecule is CON(C)S(=O)(=O)c1ccc2c(c1)C(C)C(=O)N2. The van der Waals surface area contributed by atoms with Crippen molar-refractivity contribution >= 4 is 21.6 Å². The number of carbonyl (C=O) groups excluding carboxylic acids is 1. The fourth-order valence-corrected chi connectivity index (χ4v) is 2.81. The molecule has 0 radical (unpaired) electrons. The zero-order valence-corrected chi connectivity index (χ0v) is 11.1. The first-order valence-electron chi connectivity index (χ1n) is 5.35. The molecule has 6 nitrogen and oxygen atoms in total. The van der Waals surface area contributed by atoms with Crippen LogP contribution in [0, 0.1) is 0 Å². The minimum absolute atomic E-state index is 0.106. The fourth-order valence-electron chi connectivity index (χ4n) is 1.80. The predicted molar refractivity (Wildman–Crippen MR) is 65.4 cm³/mol. The van der Waals surface area contributed by atoms with E-state index < -0.39 is 10.0 Å². The number of rotatable bonds is 3. The Morgan fingerprint density at radius 2 is 2.06 bits per heavy atom. The lowest BCUT2D eigenvalue weighted by molar-refractivity contribution is -0.116. The van der Waals surface area contributed by atoms with Crippen LogP contribution in [-0.4, -0.2) is 33.0 Å². The normalized spacial score (nSPS) is 18.9. The lowest BCUT2D eigenvalue weighted by atomic mass is 10.0. The molecule has 1 atom stereocenters. The number of anilines is 1. The van der Waals surface area contributed by atoms with E-state index in [0.29, 0.717) is 11.3 Å². The van der Waals surface area contributed by atoms with E-state index in [1.54, 1.807) is 13.0 Å². The predicted octanol–water partition coefficient (Wildman–Crippen LogP) is 0.924. The van der Waals surface area contributed by atoms with Gasteiger partial charge in [0.15, 0.2) is 0 Å². The van der Waals surface area contributed by atoms with Crippen molar-refractivity contribution < 1.29 is 18.0 Å². The van der Waals surface area contributed by atoms with Gasteiger partial charge in [0.25, 0.3) is 10.0 Å². The molecule has 0 bridgehead atoms. The van der Waals surface area contributed by atoms with E-state index in [1.807, 2.05) is 0 Å². The van der Waals surface area contributed by atoms with E-state index >= 15 is 0 Å². The van der Waals surface area contributed by atoms with Gasteiger partial charge in [-0.15, -0.1) is 0 Å². The topological polar surface area (TPSA) is 75.7 Å². The van der Waals surface area contributed by atoms with E-state index in [9.17, 15) is 13.2 Å². The zero-order valence-electron chi connectivity index (χ0n) is 10.3. The molecule has 7 heteroatoms. The molecule has 0 fully saturated rings. The summed E-state index contributed by atoms with van der Waals surface area (Å²) >= 11 is 0. The molecule has 1 unspecified atom stereocenters. The van der Waals surface area contributed by atoms with Crippen LogP contribution in [0.4, 0.5) is 5.69 Å². The van der Waals surface area contributed by atoms with E-state index in [0.717, 1.165) is 4.47 Å². The van der Waals surface area contributed by atoms with Gasteiger partial charge in [-0.05, 0) is 30.7 Å². The largest absolute Gasteiger partial charge is 0.325 e. The van der Waals surface area contributed by atoms with Gasteiger partial charge in [-0.25, -0.2) is 8.42 Å². The third-order valence-corrected chi connectivity index (χ3v) is 4.71. The summed E-state index contributed by atoms with van der Waals surface area (Å²) in [6.45, 7) is 1.73. The maximum Gasteiger partial charge on any atom is 0.264 e. The van der Waals surface area contributed by atoms with Gasteiger partial charge in [0.2, 0.25) is 5.91 Å². The monoisotopic (exact) mass is 270 g/mol. The maximum absolute atomic E-state index is 12.0. The molecule has 1 aliphatic rings. The van der Waals surface area contributed by atoms with Crippen LogP contribution in [0.3, 0.4) is 0 Å². The summed E-state index contributed by atoms with van der Waals surface area (Å²) in [5.74, 6) is -0.470. The van der Waals surface area contributed by atoms with Gasteiger partial charge in [0.05, 0.1) is 17.9 Å². The zero-order chi connectivity index (χ0) is 13.5. The van der Waals surface area contributed by atoms with Crippen molar-refractivity contribution in [1.82, 2.24) is 4.47 Å². The van der Waals surface area contributed by atoms with Crippen LogP contribution in [0.5, 0.6) is 0 Å². The Hall–Kier alpha value is -1.44. The molecule has 1 aliphatic heterocycles. The molecule has 0 aliphatic carbocycles. The summed E-state index contributed by atoms with van der Waals surface area (Å²) < 4.78 is 24.9. The Morgan fingerprint density at radius 3 is 2.67 bits per heavy atom. The molecule has 1 aromatic rings. The first kappa shape index (κ1) is 13.0. The molecule has 0 saturated heterocycles. The van der Waals surface area contributed by atoms with Crippen LogP contribution in [-0.2, 0) is 19.7 Å². The molecule has 2 rings (SSSR count). The fraction of sp³-hybridized carbons (Fsp3) is 0.364. The van der Waals surface area contributed by atoms with Crippen molar-refractivity contribution in [3.63, 3.8) is 0 Å². The first-order chi connectivity index (χ1) is 8.37. The summed E-state index contributed by atoms with van der Waals surface area (Å²) in [7, 11) is -1.09. The maximum atomic E-state index is 12.0. The highest BCUT2D eigenvalue weighted by atomic mass is 32.2. The molecule has 18 heavy (non-hydrogen) atoms. The highest BCUT2D eigenvalue weighted by Crippen LogP contribution is 2.34. The van der Waals surface area contributed by atoms with Crippen molar-refractivity contribution in [1.29, 1.82) is 0 Å². The number of amides is 1. The molecule has 0 spiro atoms. The number of carbonyl (C=O) groups is 1. The second-order valence-electron chi connectivity index (χ2n) is 4.06. The van der Waals surface area contributed by atoms with Crippen molar-refractivity contribution in [2.75, 3.05) is 19.5 Å². The van der Waals surface area contributed by atoms with Crippen LogP contribution in [0.25, 0.3) is 0 Å². The Labute approximate surface area is 106 Å². The number of nitrogens with one attached hydrogen (secondary N) is 1. The van der Waals surface area contributed by atoms with Crippen molar-refractivity contribution in [2.24, 2.45) is 0 Å². The number of fused-ring (bicyclic) bond motifs is 1. The molecule has 1 amide bonds. The molecular weight excluding hydrogens is 256 g/mol. The molecule has 1 N–H and O–H groups in total. The number of nitrogens with zero attached hydrogens (tertiary/aromatic N) is 1. The summed E-state index contributed by atoms with van der Waals surface area (Å²) in [6, 6.07) is 4.54. The second kappa shape index (κ2) is 4.34. The molecule has 0 saturated carbocycles. The number of hydrogen-bond donors (Lipinski definition) is 1. The number of sulfonamides is 1. The lowest BCUT2D eigenvalue weighted by Gasteiger charge is -2.14.